The fourth-order valence-electron chi connectivity index (χ4n) is 1.62. The first-order valence-corrected chi connectivity index (χ1v) is 5.84. The lowest BCUT2D eigenvalue weighted by Crippen LogP contribution is -2.30. The second kappa shape index (κ2) is 4.69. The molecule has 0 N–H and O–H groups in total. The molecule has 2 rings (SSSR count). The molecule has 1 amide bonds. The van der Waals surface area contributed by atoms with E-state index in [1.54, 1.807) is 12.1 Å². The summed E-state index contributed by atoms with van der Waals surface area (Å²) in [4.78, 5) is 24.7. The van der Waals surface area contributed by atoms with Crippen LogP contribution in [0.1, 0.15) is 10.4 Å². The van der Waals surface area contributed by atoms with E-state index in [0.717, 1.165) is 5.54 Å². The van der Waals surface area contributed by atoms with Gasteiger partial charge in [0.1, 0.15) is 0 Å². The van der Waals surface area contributed by atoms with E-state index in [2.05, 4.69) is 0 Å². The van der Waals surface area contributed by atoms with Crippen LogP contribution in [0.25, 0.3) is 0 Å². The van der Waals surface area contributed by atoms with Gasteiger partial charge in [0.05, 0.1) is 17.8 Å². The fraction of sp³-hybridized carbons (Fsp3) is 0.0909. The molecule has 1 heterocycles. The molecule has 1 aromatic rings. The number of carbonyl (C=O) groups excluding carboxylic acids is 2. The highest BCUT2D eigenvalue weighted by atomic mass is 35.5. The lowest BCUT2D eigenvalue weighted by Gasteiger charge is -2.15. The molecule has 0 atom stereocenters. The van der Waals surface area contributed by atoms with Gasteiger partial charge < -0.3 is 0 Å². The summed E-state index contributed by atoms with van der Waals surface area (Å²) in [6, 6.07) is 4.69. The van der Waals surface area contributed by atoms with Gasteiger partial charge in [0.15, 0.2) is 0 Å². The van der Waals surface area contributed by atoms with Crippen LogP contribution in [0, 0.1) is 0 Å². The minimum atomic E-state index is -0.626. The van der Waals surface area contributed by atoms with Crippen molar-refractivity contribution in [2.75, 3.05) is 11.4 Å². The van der Waals surface area contributed by atoms with Crippen LogP contribution in [0.4, 0.5) is 5.69 Å². The van der Waals surface area contributed by atoms with Gasteiger partial charge >= 0.3 is 0 Å². The molecular weight excluding hydrogens is 284 g/mol. The molecule has 6 heteroatoms. The summed E-state index contributed by atoms with van der Waals surface area (Å²) in [5, 5.41) is 0.682. The molecule has 1 aromatic carbocycles. The van der Waals surface area contributed by atoms with Crippen molar-refractivity contribution in [3.8, 4) is 0 Å². The van der Waals surface area contributed by atoms with Gasteiger partial charge in [-0.25, -0.2) is 0 Å². The van der Waals surface area contributed by atoms with E-state index in [-0.39, 0.29) is 11.6 Å². The van der Waals surface area contributed by atoms with Gasteiger partial charge in [0.2, 0.25) is 0 Å². The van der Waals surface area contributed by atoms with Gasteiger partial charge in [-0.05, 0) is 18.2 Å². The molecule has 0 radical (unpaired) electrons. The molecule has 3 nitrogen and oxygen atoms in total. The molecule has 0 spiro atoms. The van der Waals surface area contributed by atoms with Crippen LogP contribution in [0.5, 0.6) is 0 Å². The number of carbonyl (C=O) groups is 2. The van der Waals surface area contributed by atoms with E-state index in [4.69, 9.17) is 34.8 Å². The fourth-order valence-corrected chi connectivity index (χ4v) is 1.98. The number of benzene rings is 1. The van der Waals surface area contributed by atoms with Crippen LogP contribution in [0.15, 0.2) is 28.8 Å². The molecule has 17 heavy (non-hydrogen) atoms. The topological polar surface area (TPSA) is 37.4 Å². The van der Waals surface area contributed by atoms with Crippen LogP contribution in [0.3, 0.4) is 0 Å². The predicted octanol–water partition coefficient (Wildman–Crippen LogP) is 3.19. The van der Waals surface area contributed by atoms with Crippen molar-refractivity contribution in [3.63, 3.8) is 0 Å². The van der Waals surface area contributed by atoms with Crippen molar-refractivity contribution < 1.29 is 9.59 Å². The number of amides is 1. The molecule has 0 aromatic heterocycles. The van der Waals surface area contributed by atoms with Crippen molar-refractivity contribution in [2.24, 2.45) is 0 Å². The number of hydrogen-bond donors (Lipinski definition) is 0. The third-order valence-electron chi connectivity index (χ3n) is 2.36. The Kier molecular flexibility index (Phi) is 3.43. The Morgan fingerprint density at radius 2 is 2.06 bits per heavy atom. The lowest BCUT2D eigenvalue weighted by atomic mass is 10.1. The first-order valence-electron chi connectivity index (χ1n) is 4.65. The molecule has 0 saturated heterocycles. The average molecular weight is 291 g/mol. The molecule has 1 aliphatic rings. The highest BCUT2D eigenvalue weighted by Gasteiger charge is 2.35. The van der Waals surface area contributed by atoms with Crippen molar-refractivity contribution in [1.29, 1.82) is 0 Å². The molecular formula is C11H6Cl3NO2. The molecule has 88 valence electrons. The van der Waals surface area contributed by atoms with E-state index in [1.165, 1.54) is 11.0 Å². The van der Waals surface area contributed by atoms with Crippen molar-refractivity contribution in [1.82, 2.24) is 0 Å². The zero-order valence-corrected chi connectivity index (χ0v) is 10.7. The first kappa shape index (κ1) is 12.4. The quantitative estimate of drug-likeness (QED) is 0.785. The molecule has 0 unspecified atom stereocenters. The van der Waals surface area contributed by atoms with E-state index >= 15 is 0 Å². The zero-order chi connectivity index (χ0) is 12.6. The Balaban J connectivity index is 2.45. The standard InChI is InChI=1S/C11H6Cl3NO2/c12-4-7(14)5-15-9-2-1-6(13)3-8(9)10(16)11(15)17/h1-4H,5H2. The molecule has 0 aliphatic carbocycles. The van der Waals surface area contributed by atoms with Crippen LogP contribution in [-0.4, -0.2) is 18.2 Å². The molecule has 1 aliphatic heterocycles. The third-order valence-corrected chi connectivity index (χ3v) is 3.20. The van der Waals surface area contributed by atoms with E-state index < -0.39 is 11.7 Å². The number of hydrogen-bond acceptors (Lipinski definition) is 2. The number of fused-ring (bicyclic) bond motifs is 1. The van der Waals surface area contributed by atoms with Crippen molar-refractivity contribution in [3.05, 3.63) is 39.4 Å². The van der Waals surface area contributed by atoms with E-state index in [9.17, 15) is 9.59 Å². The predicted molar refractivity (Wildman–Crippen MR) is 67.9 cm³/mol. The summed E-state index contributed by atoms with van der Waals surface area (Å²) in [7, 11) is 0. The summed E-state index contributed by atoms with van der Waals surface area (Å²) in [6.45, 7) is 0.0737. The summed E-state index contributed by atoms with van der Waals surface area (Å²) >= 11 is 17.0. The van der Waals surface area contributed by atoms with Gasteiger partial charge in [-0.1, -0.05) is 34.8 Å². The van der Waals surface area contributed by atoms with Gasteiger partial charge in [0.25, 0.3) is 11.7 Å². The van der Waals surface area contributed by atoms with Gasteiger partial charge in [-0.3, -0.25) is 14.5 Å². The monoisotopic (exact) mass is 289 g/mol. The summed E-state index contributed by atoms with van der Waals surface area (Å²) in [5.74, 6) is -1.21. The summed E-state index contributed by atoms with van der Waals surface area (Å²) in [6.07, 6.45) is 0. The van der Waals surface area contributed by atoms with Gasteiger partial charge in [-0.2, -0.15) is 0 Å². The van der Waals surface area contributed by atoms with Crippen molar-refractivity contribution >= 4 is 52.2 Å². The second-order valence-corrected chi connectivity index (χ2v) is 4.58. The maximum Gasteiger partial charge on any atom is 0.299 e. The van der Waals surface area contributed by atoms with Gasteiger partial charge in [-0.15, -0.1) is 0 Å². The Morgan fingerprint density at radius 1 is 1.35 bits per heavy atom. The maximum atomic E-state index is 11.7. The Hall–Kier alpha value is -1.03. The third kappa shape index (κ3) is 2.18. The first-order chi connectivity index (χ1) is 8.04. The number of nitrogens with zero attached hydrogens (tertiary/aromatic N) is 1. The second-order valence-electron chi connectivity index (χ2n) is 3.44. The normalized spacial score (nSPS) is 15.5. The lowest BCUT2D eigenvalue weighted by molar-refractivity contribution is -0.114. The maximum absolute atomic E-state index is 11.7. The largest absolute Gasteiger partial charge is 0.299 e. The Labute approximate surface area is 113 Å². The summed E-state index contributed by atoms with van der Waals surface area (Å²) < 4.78 is 0. The molecule has 0 saturated carbocycles. The zero-order valence-electron chi connectivity index (χ0n) is 8.41. The molecule has 0 fully saturated rings. The minimum absolute atomic E-state index is 0.0737. The van der Waals surface area contributed by atoms with Crippen molar-refractivity contribution in [2.45, 2.75) is 0 Å². The number of halogens is 3. The van der Waals surface area contributed by atoms with Crippen LogP contribution < -0.4 is 4.90 Å². The van der Waals surface area contributed by atoms with Crippen LogP contribution in [0.2, 0.25) is 5.02 Å². The highest BCUT2D eigenvalue weighted by Crippen LogP contribution is 2.32. The van der Waals surface area contributed by atoms with E-state index in [1.807, 2.05) is 0 Å². The number of ketones is 1. The van der Waals surface area contributed by atoms with Crippen LogP contribution >= 0.6 is 34.8 Å². The van der Waals surface area contributed by atoms with Crippen LogP contribution in [-0.2, 0) is 4.79 Å². The SMILES string of the molecule is O=C1C(=O)N(CC(Cl)=CCl)c2ccc(Cl)cc21. The average Bonchev–Trinajstić information content (AvgIpc) is 2.54. The van der Waals surface area contributed by atoms with E-state index in [0.29, 0.717) is 16.3 Å². The summed E-state index contributed by atoms with van der Waals surface area (Å²) in [5.41, 5.74) is 1.95. The Bertz CT molecular complexity index is 540. The van der Waals surface area contributed by atoms with Gasteiger partial charge in [0, 0.05) is 15.6 Å². The number of anilines is 1. The Morgan fingerprint density at radius 3 is 2.71 bits per heavy atom. The smallest absolute Gasteiger partial charge is 0.299 e. The number of rotatable bonds is 2. The molecule has 0 bridgehead atoms. The highest BCUT2D eigenvalue weighted by molar-refractivity contribution is 6.53. The number of Topliss-reactive ketones (excluding diaryl/α,β-unsaturated/α-hetero) is 1. The minimum Gasteiger partial charge on any atom is -0.299 e.